The van der Waals surface area contributed by atoms with Gasteiger partial charge in [-0.25, -0.2) is 8.42 Å². The van der Waals surface area contributed by atoms with Crippen LogP contribution in [0.25, 0.3) is 11.1 Å². The van der Waals surface area contributed by atoms with Gasteiger partial charge in [0, 0.05) is 11.9 Å². The van der Waals surface area contributed by atoms with Crippen molar-refractivity contribution in [3.05, 3.63) is 48.3 Å². The molecule has 2 N–H and O–H groups in total. The molecule has 0 aliphatic heterocycles. The molecule has 1 aromatic carbocycles. The van der Waals surface area contributed by atoms with Crippen molar-refractivity contribution in [2.45, 2.75) is 11.0 Å². The molecule has 0 spiro atoms. The predicted molar refractivity (Wildman–Crippen MR) is 73.5 cm³/mol. The Kier molecular flexibility index (Phi) is 2.90. The molecule has 0 amide bonds. The third-order valence-electron chi connectivity index (χ3n) is 2.72. The molecule has 2 heterocycles. The number of hydrogen-bond acceptors (Lipinski definition) is 6. The highest BCUT2D eigenvalue weighted by Gasteiger charge is 2.23. The van der Waals surface area contributed by atoms with Crippen LogP contribution in [0, 0.1) is 0 Å². The quantitative estimate of drug-likeness (QED) is 0.738. The number of nitrogen functional groups attached to an aromatic ring is 1. The molecule has 7 heteroatoms. The van der Waals surface area contributed by atoms with Gasteiger partial charge in [0.15, 0.2) is 5.58 Å². The summed E-state index contributed by atoms with van der Waals surface area (Å²) in [7, 11) is -3.67. The van der Waals surface area contributed by atoms with Crippen molar-refractivity contribution in [1.82, 2.24) is 9.97 Å². The maximum atomic E-state index is 12.2. The second-order valence-corrected chi connectivity index (χ2v) is 6.15. The van der Waals surface area contributed by atoms with Crippen molar-refractivity contribution >= 4 is 26.6 Å². The van der Waals surface area contributed by atoms with Crippen LogP contribution in [0.5, 0.6) is 0 Å². The van der Waals surface area contributed by atoms with Gasteiger partial charge in [-0.2, -0.15) is 4.98 Å². The van der Waals surface area contributed by atoms with E-state index in [-0.39, 0.29) is 11.0 Å². The number of aromatic nitrogens is 2. The first-order valence-electron chi connectivity index (χ1n) is 5.83. The van der Waals surface area contributed by atoms with E-state index in [2.05, 4.69) is 9.97 Å². The Balaban J connectivity index is 2.01. The van der Waals surface area contributed by atoms with E-state index in [1.54, 1.807) is 36.4 Å². The van der Waals surface area contributed by atoms with Crippen molar-refractivity contribution in [1.29, 1.82) is 0 Å². The van der Waals surface area contributed by atoms with Gasteiger partial charge in [-0.1, -0.05) is 6.07 Å². The van der Waals surface area contributed by atoms with Crippen molar-refractivity contribution in [3.63, 3.8) is 0 Å². The monoisotopic (exact) mass is 289 g/mol. The number of rotatable bonds is 3. The zero-order valence-electron chi connectivity index (χ0n) is 10.4. The minimum Gasteiger partial charge on any atom is -0.428 e. The number of pyridine rings is 1. The van der Waals surface area contributed by atoms with E-state index in [9.17, 15) is 8.42 Å². The van der Waals surface area contributed by atoms with Crippen LogP contribution in [-0.2, 0) is 15.6 Å². The molecule has 102 valence electrons. The Morgan fingerprint density at radius 3 is 2.80 bits per heavy atom. The van der Waals surface area contributed by atoms with Gasteiger partial charge >= 0.3 is 5.22 Å². The first kappa shape index (κ1) is 12.6. The Labute approximate surface area is 115 Å². The highest BCUT2D eigenvalue weighted by molar-refractivity contribution is 7.90. The number of benzene rings is 1. The molecule has 2 aromatic heterocycles. The molecule has 0 fully saturated rings. The van der Waals surface area contributed by atoms with Gasteiger partial charge in [0.05, 0.1) is 5.69 Å². The van der Waals surface area contributed by atoms with Gasteiger partial charge < -0.3 is 10.2 Å². The first-order chi connectivity index (χ1) is 9.54. The molecule has 0 saturated heterocycles. The Bertz CT molecular complexity index is 857. The first-order valence-corrected chi connectivity index (χ1v) is 7.48. The number of fused-ring (bicyclic) bond motifs is 1. The normalized spacial score (nSPS) is 11.8. The summed E-state index contributed by atoms with van der Waals surface area (Å²) in [6.07, 6.45) is 1.54. The molecule has 0 aliphatic rings. The van der Waals surface area contributed by atoms with E-state index < -0.39 is 9.84 Å². The fourth-order valence-corrected chi connectivity index (χ4v) is 2.93. The van der Waals surface area contributed by atoms with Crippen molar-refractivity contribution in [2.24, 2.45) is 0 Å². The summed E-state index contributed by atoms with van der Waals surface area (Å²) < 4.78 is 29.7. The van der Waals surface area contributed by atoms with Crippen LogP contribution >= 0.6 is 0 Å². The summed E-state index contributed by atoms with van der Waals surface area (Å²) >= 11 is 0. The number of hydrogen-bond donors (Lipinski definition) is 1. The molecule has 0 bridgehead atoms. The molecule has 6 nitrogen and oxygen atoms in total. The van der Waals surface area contributed by atoms with E-state index in [4.69, 9.17) is 10.2 Å². The summed E-state index contributed by atoms with van der Waals surface area (Å²) in [5.74, 6) is -0.254. The van der Waals surface area contributed by atoms with Gasteiger partial charge in [0.25, 0.3) is 0 Å². The highest BCUT2D eigenvalue weighted by Crippen LogP contribution is 2.22. The lowest BCUT2D eigenvalue weighted by Gasteiger charge is -1.98. The molecular formula is C13H11N3O3S. The van der Waals surface area contributed by atoms with Crippen molar-refractivity contribution < 1.29 is 12.8 Å². The van der Waals surface area contributed by atoms with E-state index >= 15 is 0 Å². The standard InChI is InChI=1S/C13H11N3O3S/c14-9-4-5-12-11(7-9)16-13(19-12)20(17,18)8-10-3-1-2-6-15-10/h1-7H,8,14H2. The minimum absolute atomic E-state index is 0.254. The average Bonchev–Trinajstić information content (AvgIpc) is 2.83. The van der Waals surface area contributed by atoms with Crippen molar-refractivity contribution in [2.75, 3.05) is 5.73 Å². The fraction of sp³-hybridized carbons (Fsp3) is 0.0769. The Morgan fingerprint density at radius 2 is 2.05 bits per heavy atom. The summed E-state index contributed by atoms with van der Waals surface area (Å²) in [4.78, 5) is 7.97. The van der Waals surface area contributed by atoms with Gasteiger partial charge in [-0.15, -0.1) is 0 Å². The van der Waals surface area contributed by atoms with Crippen LogP contribution in [0.15, 0.2) is 52.2 Å². The summed E-state index contributed by atoms with van der Waals surface area (Å²) in [6.45, 7) is 0. The Hall–Kier alpha value is -2.41. The lowest BCUT2D eigenvalue weighted by molar-refractivity contribution is 0.458. The van der Waals surface area contributed by atoms with E-state index in [1.165, 1.54) is 6.20 Å². The predicted octanol–water partition coefficient (Wildman–Crippen LogP) is 1.78. The average molecular weight is 289 g/mol. The van der Waals surface area contributed by atoms with Gasteiger partial charge in [0.2, 0.25) is 9.84 Å². The largest absolute Gasteiger partial charge is 0.428 e. The summed E-state index contributed by atoms with van der Waals surface area (Å²) in [6, 6.07) is 9.87. The SMILES string of the molecule is Nc1ccc2oc(S(=O)(=O)Cc3ccccn3)nc2c1. The highest BCUT2D eigenvalue weighted by atomic mass is 32.2. The maximum absolute atomic E-state index is 12.2. The smallest absolute Gasteiger partial charge is 0.316 e. The fourth-order valence-electron chi connectivity index (χ4n) is 1.80. The van der Waals surface area contributed by atoms with E-state index in [0.29, 0.717) is 22.5 Å². The second kappa shape index (κ2) is 4.61. The third-order valence-corrected chi connectivity index (χ3v) is 4.10. The van der Waals surface area contributed by atoms with E-state index in [0.717, 1.165) is 0 Å². The lowest BCUT2D eigenvalue weighted by Crippen LogP contribution is -2.06. The van der Waals surface area contributed by atoms with Gasteiger partial charge in [-0.3, -0.25) is 4.98 Å². The topological polar surface area (TPSA) is 99.1 Å². The molecule has 0 saturated carbocycles. The Morgan fingerprint density at radius 1 is 1.20 bits per heavy atom. The number of oxazole rings is 1. The van der Waals surface area contributed by atoms with Crippen molar-refractivity contribution in [3.8, 4) is 0 Å². The molecule has 0 radical (unpaired) electrons. The summed E-state index contributed by atoms with van der Waals surface area (Å²) in [5.41, 5.74) is 7.37. The number of sulfone groups is 1. The van der Waals surface area contributed by atoms with Crippen LogP contribution in [0.4, 0.5) is 5.69 Å². The number of anilines is 1. The molecule has 3 rings (SSSR count). The maximum Gasteiger partial charge on any atom is 0.316 e. The molecule has 0 aliphatic carbocycles. The minimum atomic E-state index is -3.67. The van der Waals surface area contributed by atoms with Crippen LogP contribution in [0.1, 0.15) is 5.69 Å². The van der Waals surface area contributed by atoms with Gasteiger partial charge in [-0.05, 0) is 30.3 Å². The number of nitrogens with two attached hydrogens (primary N) is 1. The number of nitrogens with zero attached hydrogens (tertiary/aromatic N) is 2. The van der Waals surface area contributed by atoms with Crippen LogP contribution in [0.3, 0.4) is 0 Å². The van der Waals surface area contributed by atoms with Crippen LogP contribution < -0.4 is 5.73 Å². The molecular weight excluding hydrogens is 278 g/mol. The lowest BCUT2D eigenvalue weighted by atomic mass is 10.3. The third kappa shape index (κ3) is 2.35. The van der Waals surface area contributed by atoms with Gasteiger partial charge in [0.1, 0.15) is 11.3 Å². The molecule has 20 heavy (non-hydrogen) atoms. The zero-order chi connectivity index (χ0) is 14.2. The summed E-state index contributed by atoms with van der Waals surface area (Å²) in [5, 5.41) is -0.316. The zero-order valence-corrected chi connectivity index (χ0v) is 11.2. The van der Waals surface area contributed by atoms with Crippen LogP contribution in [0.2, 0.25) is 0 Å². The second-order valence-electron chi connectivity index (χ2n) is 4.29. The van der Waals surface area contributed by atoms with Crippen LogP contribution in [-0.4, -0.2) is 18.4 Å². The molecule has 3 aromatic rings. The molecule has 0 unspecified atom stereocenters. The van der Waals surface area contributed by atoms with E-state index in [1.807, 2.05) is 0 Å². The molecule has 0 atom stereocenters.